The first-order valence-corrected chi connectivity index (χ1v) is 11.5. The van der Waals surface area contributed by atoms with Gasteiger partial charge in [0.05, 0.1) is 28.8 Å². The fourth-order valence-corrected chi connectivity index (χ4v) is 4.51. The first-order chi connectivity index (χ1) is 15.9. The van der Waals surface area contributed by atoms with Gasteiger partial charge >= 0.3 is 0 Å². The highest BCUT2D eigenvalue weighted by Crippen LogP contribution is 2.25. The van der Waals surface area contributed by atoms with Crippen molar-refractivity contribution in [3.63, 3.8) is 0 Å². The van der Waals surface area contributed by atoms with Crippen LogP contribution in [0.5, 0.6) is 0 Å². The van der Waals surface area contributed by atoms with E-state index in [0.29, 0.717) is 16.1 Å². The third-order valence-electron chi connectivity index (χ3n) is 5.23. The number of nitrogens with zero attached hydrogens (tertiary/aromatic N) is 2. The molecule has 0 saturated carbocycles. The van der Waals surface area contributed by atoms with E-state index in [9.17, 15) is 14.4 Å². The van der Waals surface area contributed by atoms with Crippen LogP contribution >= 0.6 is 11.8 Å². The third-order valence-corrected chi connectivity index (χ3v) is 6.17. The quantitative estimate of drug-likeness (QED) is 0.350. The van der Waals surface area contributed by atoms with Crippen LogP contribution in [0.3, 0.4) is 0 Å². The van der Waals surface area contributed by atoms with Crippen molar-refractivity contribution in [1.29, 1.82) is 0 Å². The summed E-state index contributed by atoms with van der Waals surface area (Å²) in [7, 11) is 0. The van der Waals surface area contributed by atoms with Crippen molar-refractivity contribution >= 4 is 34.5 Å². The van der Waals surface area contributed by atoms with E-state index in [0.717, 1.165) is 34.1 Å². The fourth-order valence-electron chi connectivity index (χ4n) is 3.71. The molecule has 7 heteroatoms. The Kier molecular flexibility index (Phi) is 6.70. The Balaban J connectivity index is 1.61. The number of aromatic nitrogens is 2. The molecule has 0 aliphatic heterocycles. The molecule has 166 valence electrons. The number of benzene rings is 3. The van der Waals surface area contributed by atoms with Gasteiger partial charge in [0.1, 0.15) is 0 Å². The summed E-state index contributed by atoms with van der Waals surface area (Å²) < 4.78 is 1.57. The summed E-state index contributed by atoms with van der Waals surface area (Å²) in [5.41, 5.74) is 3.81. The van der Waals surface area contributed by atoms with Gasteiger partial charge in [-0.15, -0.1) is 0 Å². The predicted octanol–water partition coefficient (Wildman–Crippen LogP) is 3.98. The molecule has 1 N–H and O–H groups in total. The molecule has 4 rings (SSSR count). The van der Waals surface area contributed by atoms with Crippen LogP contribution < -0.4 is 10.9 Å². The van der Waals surface area contributed by atoms with Gasteiger partial charge < -0.3 is 0 Å². The van der Waals surface area contributed by atoms with E-state index in [1.165, 1.54) is 0 Å². The molecular weight excluding hydrogens is 434 g/mol. The van der Waals surface area contributed by atoms with Crippen LogP contribution in [0.2, 0.25) is 0 Å². The van der Waals surface area contributed by atoms with Crippen molar-refractivity contribution in [2.24, 2.45) is 0 Å². The number of amides is 2. The second-order valence-corrected chi connectivity index (χ2v) is 8.66. The number of imide groups is 1. The Morgan fingerprint density at radius 1 is 0.879 bits per heavy atom. The third kappa shape index (κ3) is 5.04. The Morgan fingerprint density at radius 3 is 2.27 bits per heavy atom. The summed E-state index contributed by atoms with van der Waals surface area (Å²) in [4.78, 5) is 42.8. The molecule has 0 unspecified atom stereocenters. The molecule has 33 heavy (non-hydrogen) atoms. The van der Waals surface area contributed by atoms with Crippen LogP contribution in [0.1, 0.15) is 16.7 Å². The zero-order valence-electron chi connectivity index (χ0n) is 18.4. The van der Waals surface area contributed by atoms with E-state index >= 15 is 0 Å². The van der Waals surface area contributed by atoms with Crippen LogP contribution in [0, 0.1) is 13.8 Å². The molecule has 0 aliphatic carbocycles. The van der Waals surface area contributed by atoms with Gasteiger partial charge in [-0.05, 0) is 42.7 Å². The van der Waals surface area contributed by atoms with E-state index in [4.69, 9.17) is 0 Å². The summed E-state index contributed by atoms with van der Waals surface area (Å²) in [6.45, 7) is 3.88. The van der Waals surface area contributed by atoms with Crippen molar-refractivity contribution < 1.29 is 9.59 Å². The number of carbonyl (C=O) groups excluding carboxylic acids is 2. The van der Waals surface area contributed by atoms with Crippen LogP contribution in [-0.2, 0) is 16.0 Å². The van der Waals surface area contributed by atoms with Crippen molar-refractivity contribution in [3.05, 3.63) is 99.8 Å². The SMILES string of the molecule is Cc1cccc(C)c1-n1c(SCC(=O)NC(=O)Cc2ccccc2)nc2ccccc2c1=O. The second kappa shape index (κ2) is 9.83. The van der Waals surface area contributed by atoms with Gasteiger partial charge in [0.15, 0.2) is 5.16 Å². The molecule has 0 saturated heterocycles. The molecule has 0 radical (unpaired) electrons. The molecule has 4 aromatic rings. The molecule has 0 aliphatic rings. The number of thioether (sulfide) groups is 1. The monoisotopic (exact) mass is 457 g/mol. The van der Waals surface area contributed by atoms with Crippen molar-refractivity contribution in [2.45, 2.75) is 25.4 Å². The maximum absolute atomic E-state index is 13.4. The smallest absolute Gasteiger partial charge is 0.266 e. The lowest BCUT2D eigenvalue weighted by Crippen LogP contribution is -2.33. The van der Waals surface area contributed by atoms with Gasteiger partial charge in [-0.3, -0.25) is 24.3 Å². The largest absolute Gasteiger partial charge is 0.295 e. The molecule has 0 spiro atoms. The average Bonchev–Trinajstić information content (AvgIpc) is 2.79. The maximum Gasteiger partial charge on any atom is 0.266 e. The number of hydrogen-bond donors (Lipinski definition) is 1. The average molecular weight is 458 g/mol. The Labute approximate surface area is 195 Å². The number of aryl methyl sites for hydroxylation is 2. The summed E-state index contributed by atoms with van der Waals surface area (Å²) >= 11 is 1.13. The normalized spacial score (nSPS) is 10.8. The summed E-state index contributed by atoms with van der Waals surface area (Å²) in [5.74, 6) is -0.849. The minimum atomic E-state index is -0.434. The molecular formula is C26H23N3O3S. The van der Waals surface area contributed by atoms with Gasteiger partial charge in [-0.1, -0.05) is 72.4 Å². The minimum Gasteiger partial charge on any atom is -0.295 e. The maximum atomic E-state index is 13.4. The molecule has 0 fully saturated rings. The molecule has 0 atom stereocenters. The van der Waals surface area contributed by atoms with E-state index in [1.807, 2.05) is 68.4 Å². The van der Waals surface area contributed by atoms with Crippen LogP contribution in [0.4, 0.5) is 0 Å². The summed E-state index contributed by atoms with van der Waals surface area (Å²) in [6.07, 6.45) is 0.124. The number of rotatable bonds is 6. The van der Waals surface area contributed by atoms with Gasteiger partial charge in [0, 0.05) is 0 Å². The highest BCUT2D eigenvalue weighted by Gasteiger charge is 2.18. The highest BCUT2D eigenvalue weighted by atomic mass is 32.2. The Hall–Kier alpha value is -3.71. The summed E-state index contributed by atoms with van der Waals surface area (Å²) in [6, 6.07) is 22.2. The molecule has 6 nitrogen and oxygen atoms in total. The van der Waals surface area contributed by atoms with E-state index in [1.54, 1.807) is 22.8 Å². The Bertz CT molecular complexity index is 1380. The van der Waals surface area contributed by atoms with E-state index in [2.05, 4.69) is 10.3 Å². The van der Waals surface area contributed by atoms with Gasteiger partial charge in [0.2, 0.25) is 11.8 Å². The lowest BCUT2D eigenvalue weighted by Gasteiger charge is -2.17. The van der Waals surface area contributed by atoms with Crippen molar-refractivity contribution in [1.82, 2.24) is 14.9 Å². The number of para-hydroxylation sites is 2. The summed E-state index contributed by atoms with van der Waals surface area (Å²) in [5, 5.41) is 3.33. The topological polar surface area (TPSA) is 81.1 Å². The minimum absolute atomic E-state index is 0.0454. The number of nitrogens with one attached hydrogen (secondary N) is 1. The first-order valence-electron chi connectivity index (χ1n) is 10.5. The molecule has 2 amide bonds. The van der Waals surface area contributed by atoms with Gasteiger partial charge in [-0.2, -0.15) is 0 Å². The molecule has 0 bridgehead atoms. The predicted molar refractivity (Wildman–Crippen MR) is 131 cm³/mol. The zero-order chi connectivity index (χ0) is 23.4. The van der Waals surface area contributed by atoms with Gasteiger partial charge in [0.25, 0.3) is 5.56 Å². The second-order valence-electron chi connectivity index (χ2n) is 7.71. The van der Waals surface area contributed by atoms with Crippen molar-refractivity contribution in [3.8, 4) is 5.69 Å². The van der Waals surface area contributed by atoms with Crippen LogP contribution in [-0.4, -0.2) is 27.1 Å². The molecule has 1 heterocycles. The molecule has 3 aromatic carbocycles. The van der Waals surface area contributed by atoms with E-state index in [-0.39, 0.29) is 23.6 Å². The highest BCUT2D eigenvalue weighted by molar-refractivity contribution is 7.99. The van der Waals surface area contributed by atoms with E-state index < -0.39 is 5.91 Å². The Morgan fingerprint density at radius 2 is 1.55 bits per heavy atom. The zero-order valence-corrected chi connectivity index (χ0v) is 19.2. The lowest BCUT2D eigenvalue weighted by atomic mass is 10.1. The number of fused-ring (bicyclic) bond motifs is 1. The number of hydrogen-bond acceptors (Lipinski definition) is 5. The first kappa shape index (κ1) is 22.5. The fraction of sp³-hybridized carbons (Fsp3) is 0.154. The van der Waals surface area contributed by atoms with Gasteiger partial charge in [-0.25, -0.2) is 4.98 Å². The van der Waals surface area contributed by atoms with Crippen LogP contribution in [0.15, 0.2) is 82.7 Å². The van der Waals surface area contributed by atoms with Crippen LogP contribution in [0.25, 0.3) is 16.6 Å². The van der Waals surface area contributed by atoms with Crippen molar-refractivity contribution in [2.75, 3.05) is 5.75 Å². The lowest BCUT2D eigenvalue weighted by molar-refractivity contribution is -0.128. The standard InChI is InChI=1S/C26H23N3O3S/c1-17-9-8-10-18(2)24(17)29-25(32)20-13-6-7-14-21(20)27-26(29)33-16-23(31)28-22(30)15-19-11-4-3-5-12-19/h3-14H,15-16H2,1-2H3,(H,28,30,31). The molecule has 1 aromatic heterocycles. The number of carbonyl (C=O) groups is 2.